The van der Waals surface area contributed by atoms with Crippen LogP contribution < -0.4 is 9.47 Å². The van der Waals surface area contributed by atoms with Crippen LogP contribution in [0.4, 0.5) is 5.69 Å². The first-order valence-electron chi connectivity index (χ1n) is 9.80. The standard InChI is InChI=1S/C21H22ClN3O7S/c1-31-19-7-5-16(14-20(19)32-2)33(29,30)24-11-9-23(10-12-24)21(26)8-4-15-3-6-17(22)18(13-15)25(27)28/h3-8,13-14H,9-12H2,1-2H3. The Morgan fingerprint density at radius 2 is 1.73 bits per heavy atom. The van der Waals surface area contributed by atoms with E-state index in [4.69, 9.17) is 21.1 Å². The monoisotopic (exact) mass is 495 g/mol. The molecule has 0 radical (unpaired) electrons. The Morgan fingerprint density at radius 3 is 2.33 bits per heavy atom. The zero-order valence-electron chi connectivity index (χ0n) is 17.9. The maximum absolute atomic E-state index is 13.0. The number of benzene rings is 2. The van der Waals surface area contributed by atoms with E-state index in [0.29, 0.717) is 17.1 Å². The maximum atomic E-state index is 13.0. The zero-order chi connectivity index (χ0) is 24.2. The van der Waals surface area contributed by atoms with Crippen molar-refractivity contribution in [3.05, 3.63) is 63.2 Å². The second kappa shape index (κ2) is 10.2. The summed E-state index contributed by atoms with van der Waals surface area (Å²) in [7, 11) is -0.887. The van der Waals surface area contributed by atoms with Gasteiger partial charge in [-0.3, -0.25) is 14.9 Å². The van der Waals surface area contributed by atoms with Crippen LogP contribution in [-0.4, -0.2) is 68.9 Å². The number of nitro groups is 1. The van der Waals surface area contributed by atoms with E-state index in [1.54, 1.807) is 6.07 Å². The van der Waals surface area contributed by atoms with Crippen molar-refractivity contribution in [2.24, 2.45) is 0 Å². The first kappa shape index (κ1) is 24.5. The van der Waals surface area contributed by atoms with Gasteiger partial charge < -0.3 is 14.4 Å². The molecule has 10 nitrogen and oxygen atoms in total. The number of nitro benzene ring substituents is 1. The molecule has 0 spiro atoms. The number of hydrogen-bond acceptors (Lipinski definition) is 7. The number of halogens is 1. The molecule has 0 aromatic heterocycles. The Bertz CT molecular complexity index is 1190. The van der Waals surface area contributed by atoms with Gasteiger partial charge >= 0.3 is 0 Å². The van der Waals surface area contributed by atoms with E-state index in [1.807, 2.05) is 0 Å². The number of methoxy groups -OCH3 is 2. The average Bonchev–Trinajstić information content (AvgIpc) is 2.82. The first-order valence-corrected chi connectivity index (χ1v) is 11.6. The van der Waals surface area contributed by atoms with Gasteiger partial charge in [0, 0.05) is 44.4 Å². The molecule has 1 aliphatic rings. The highest BCUT2D eigenvalue weighted by Gasteiger charge is 2.30. The van der Waals surface area contributed by atoms with Crippen molar-refractivity contribution in [3.8, 4) is 11.5 Å². The van der Waals surface area contributed by atoms with Crippen LogP contribution in [-0.2, 0) is 14.8 Å². The smallest absolute Gasteiger partial charge is 0.288 e. The lowest BCUT2D eigenvalue weighted by atomic mass is 10.2. The number of hydrogen-bond donors (Lipinski definition) is 0. The van der Waals surface area contributed by atoms with Gasteiger partial charge in [0.05, 0.1) is 24.0 Å². The predicted octanol–water partition coefficient (Wildman–Crippen LogP) is 2.81. The Hall–Kier alpha value is -3.15. The number of nitrogens with zero attached hydrogens (tertiary/aromatic N) is 3. The second-order valence-electron chi connectivity index (χ2n) is 7.05. The summed E-state index contributed by atoms with van der Waals surface area (Å²) in [4.78, 5) is 24.5. The fourth-order valence-corrected chi connectivity index (χ4v) is 4.95. The van der Waals surface area contributed by atoms with Crippen molar-refractivity contribution < 1.29 is 27.6 Å². The summed E-state index contributed by atoms with van der Waals surface area (Å²) in [6.07, 6.45) is 2.75. The minimum absolute atomic E-state index is 0.00953. The van der Waals surface area contributed by atoms with Crippen molar-refractivity contribution in [2.75, 3.05) is 40.4 Å². The largest absolute Gasteiger partial charge is 0.493 e. The molecule has 2 aromatic rings. The van der Waals surface area contributed by atoms with Gasteiger partial charge in [-0.2, -0.15) is 4.31 Å². The summed E-state index contributed by atoms with van der Waals surface area (Å²) in [6.45, 7) is 0.665. The number of piperazine rings is 1. The molecule has 0 aliphatic carbocycles. The minimum atomic E-state index is -3.78. The number of carbonyl (C=O) groups excluding carboxylic acids is 1. The first-order chi connectivity index (χ1) is 15.7. The molecule has 0 bridgehead atoms. The topological polar surface area (TPSA) is 119 Å². The lowest BCUT2D eigenvalue weighted by Gasteiger charge is -2.33. The Morgan fingerprint density at radius 1 is 1.06 bits per heavy atom. The SMILES string of the molecule is COc1ccc(S(=O)(=O)N2CCN(C(=O)C=Cc3ccc(Cl)c([N+](=O)[O-])c3)CC2)cc1OC. The summed E-state index contributed by atoms with van der Waals surface area (Å²) in [5, 5.41) is 11.0. The van der Waals surface area contributed by atoms with E-state index in [9.17, 15) is 23.3 Å². The Labute approximate surface area is 196 Å². The quantitative estimate of drug-likeness (QED) is 0.329. The molecule has 1 heterocycles. The third-order valence-electron chi connectivity index (χ3n) is 5.13. The van der Waals surface area contributed by atoms with Gasteiger partial charge in [0.1, 0.15) is 5.02 Å². The summed E-state index contributed by atoms with van der Waals surface area (Å²) in [5.41, 5.74) is 0.203. The van der Waals surface area contributed by atoms with E-state index in [1.165, 1.54) is 65.9 Å². The van der Waals surface area contributed by atoms with E-state index in [0.717, 1.165) is 0 Å². The highest BCUT2D eigenvalue weighted by atomic mass is 35.5. The molecule has 176 valence electrons. The van der Waals surface area contributed by atoms with Crippen LogP contribution in [0.3, 0.4) is 0 Å². The van der Waals surface area contributed by atoms with Crippen molar-refractivity contribution >= 4 is 39.3 Å². The number of amides is 1. The second-order valence-corrected chi connectivity index (χ2v) is 9.39. The van der Waals surface area contributed by atoms with Crippen molar-refractivity contribution in [2.45, 2.75) is 4.90 Å². The molecule has 3 rings (SSSR count). The van der Waals surface area contributed by atoms with E-state index in [-0.39, 0.29) is 47.7 Å². The molecule has 1 saturated heterocycles. The number of sulfonamides is 1. The van der Waals surface area contributed by atoms with Crippen LogP contribution >= 0.6 is 11.6 Å². The van der Waals surface area contributed by atoms with Crippen LogP contribution in [0.5, 0.6) is 11.5 Å². The average molecular weight is 496 g/mol. The molecule has 0 atom stereocenters. The molecule has 0 N–H and O–H groups in total. The van der Waals surface area contributed by atoms with E-state index >= 15 is 0 Å². The van der Waals surface area contributed by atoms with E-state index < -0.39 is 14.9 Å². The third kappa shape index (κ3) is 5.44. The van der Waals surface area contributed by atoms with Gasteiger partial charge in [-0.1, -0.05) is 17.7 Å². The molecule has 0 saturated carbocycles. The van der Waals surface area contributed by atoms with Gasteiger partial charge in [-0.15, -0.1) is 0 Å². The molecular formula is C21H22ClN3O7S. The van der Waals surface area contributed by atoms with Gasteiger partial charge in [-0.25, -0.2) is 8.42 Å². The van der Waals surface area contributed by atoms with Crippen LogP contribution in [0.1, 0.15) is 5.56 Å². The Kier molecular flexibility index (Phi) is 7.57. The Balaban J connectivity index is 1.65. The summed E-state index contributed by atoms with van der Waals surface area (Å²) in [5.74, 6) is 0.403. The van der Waals surface area contributed by atoms with Crippen molar-refractivity contribution in [1.82, 2.24) is 9.21 Å². The van der Waals surface area contributed by atoms with Crippen LogP contribution in [0.2, 0.25) is 5.02 Å². The van der Waals surface area contributed by atoms with Crippen molar-refractivity contribution in [3.63, 3.8) is 0 Å². The van der Waals surface area contributed by atoms with Crippen molar-refractivity contribution in [1.29, 1.82) is 0 Å². The summed E-state index contributed by atoms with van der Waals surface area (Å²) >= 11 is 5.79. The highest BCUT2D eigenvalue weighted by Crippen LogP contribution is 2.31. The van der Waals surface area contributed by atoms with Gasteiger partial charge in [0.2, 0.25) is 15.9 Å². The molecule has 33 heavy (non-hydrogen) atoms. The molecule has 1 fully saturated rings. The molecular weight excluding hydrogens is 474 g/mol. The fraction of sp³-hybridized carbons (Fsp3) is 0.286. The van der Waals surface area contributed by atoms with Gasteiger partial charge in [0.15, 0.2) is 11.5 Å². The number of carbonyl (C=O) groups is 1. The minimum Gasteiger partial charge on any atom is -0.493 e. The molecule has 12 heteroatoms. The fourth-order valence-electron chi connectivity index (χ4n) is 3.32. The molecule has 1 amide bonds. The molecule has 0 unspecified atom stereocenters. The number of rotatable bonds is 7. The highest BCUT2D eigenvalue weighted by molar-refractivity contribution is 7.89. The predicted molar refractivity (Wildman–Crippen MR) is 122 cm³/mol. The summed E-state index contributed by atoms with van der Waals surface area (Å²) < 4.78 is 37.6. The molecule has 2 aromatic carbocycles. The van der Waals surface area contributed by atoms with Gasteiger partial charge in [0.25, 0.3) is 5.69 Å². The van der Waals surface area contributed by atoms with Crippen LogP contribution in [0, 0.1) is 10.1 Å². The van der Waals surface area contributed by atoms with Crippen LogP contribution in [0.25, 0.3) is 6.08 Å². The van der Waals surface area contributed by atoms with E-state index in [2.05, 4.69) is 0 Å². The summed E-state index contributed by atoms with van der Waals surface area (Å²) in [6, 6.07) is 8.60. The lowest BCUT2D eigenvalue weighted by Crippen LogP contribution is -2.50. The van der Waals surface area contributed by atoms with Crippen LogP contribution in [0.15, 0.2) is 47.4 Å². The maximum Gasteiger partial charge on any atom is 0.288 e. The third-order valence-corrected chi connectivity index (χ3v) is 7.34. The zero-order valence-corrected chi connectivity index (χ0v) is 19.5. The lowest BCUT2D eigenvalue weighted by molar-refractivity contribution is -0.384. The normalized spacial score (nSPS) is 14.9. The number of ether oxygens (including phenoxy) is 2. The molecule has 1 aliphatic heterocycles. The van der Waals surface area contributed by atoms with Gasteiger partial charge in [-0.05, 0) is 29.8 Å².